The van der Waals surface area contributed by atoms with Crippen LogP contribution in [0.5, 0.6) is 0 Å². The fourth-order valence-corrected chi connectivity index (χ4v) is 3.83. The van der Waals surface area contributed by atoms with Crippen molar-refractivity contribution in [3.05, 3.63) is 81.4 Å². The van der Waals surface area contributed by atoms with Gasteiger partial charge < -0.3 is 0 Å². The van der Waals surface area contributed by atoms with E-state index < -0.39 is 11.9 Å². The molecule has 0 radical (unpaired) electrons. The lowest BCUT2D eigenvalue weighted by Gasteiger charge is -2.30. The fraction of sp³-hybridized carbons (Fsp3) is 0.333. The molecule has 0 bridgehead atoms. The number of nitrogens with zero attached hydrogens (tertiary/aromatic N) is 3. The molecular formula is C21H21F3N4O. The van der Waals surface area contributed by atoms with E-state index in [4.69, 9.17) is 0 Å². The summed E-state index contributed by atoms with van der Waals surface area (Å²) < 4.78 is 40.0. The average Bonchev–Trinajstić information content (AvgIpc) is 3.04. The van der Waals surface area contributed by atoms with Crippen LogP contribution in [0, 0.1) is 0 Å². The van der Waals surface area contributed by atoms with Crippen molar-refractivity contribution in [1.29, 1.82) is 0 Å². The summed E-state index contributed by atoms with van der Waals surface area (Å²) in [7, 11) is 2.03. The summed E-state index contributed by atoms with van der Waals surface area (Å²) in [4.78, 5) is 18.7. The number of rotatable bonds is 4. The summed E-state index contributed by atoms with van der Waals surface area (Å²) >= 11 is 0. The van der Waals surface area contributed by atoms with Crippen molar-refractivity contribution >= 4 is 0 Å². The first-order valence-electron chi connectivity index (χ1n) is 9.44. The highest BCUT2D eigenvalue weighted by Crippen LogP contribution is 2.28. The van der Waals surface area contributed by atoms with E-state index in [1.807, 2.05) is 25.2 Å². The minimum absolute atomic E-state index is 0.0478. The van der Waals surface area contributed by atoms with Gasteiger partial charge in [0.1, 0.15) is 5.69 Å². The normalized spacial score (nSPS) is 16.8. The number of aromatic nitrogens is 3. The SMILES string of the molecule is CN(Cc1ccccc1)C1CCc2[nH]n(-c3cccc(C(F)(F)F)n3)c(=O)c2C1. The molecule has 0 fully saturated rings. The van der Waals surface area contributed by atoms with E-state index >= 15 is 0 Å². The van der Waals surface area contributed by atoms with E-state index in [1.54, 1.807) is 0 Å². The number of nitrogens with one attached hydrogen (secondary N) is 1. The Balaban J connectivity index is 1.58. The molecule has 2 aromatic heterocycles. The van der Waals surface area contributed by atoms with Gasteiger partial charge in [0.15, 0.2) is 5.82 Å². The van der Waals surface area contributed by atoms with Crippen LogP contribution in [0.15, 0.2) is 53.3 Å². The first-order valence-corrected chi connectivity index (χ1v) is 9.44. The molecule has 5 nitrogen and oxygen atoms in total. The van der Waals surface area contributed by atoms with E-state index in [0.717, 1.165) is 29.4 Å². The maximum absolute atomic E-state index is 13.0. The number of benzene rings is 1. The molecule has 8 heteroatoms. The predicted octanol–water partition coefficient (Wildman–Crippen LogP) is 3.57. The van der Waals surface area contributed by atoms with Crippen LogP contribution in [0.1, 0.15) is 28.9 Å². The van der Waals surface area contributed by atoms with Crippen molar-refractivity contribution in [3.8, 4) is 5.82 Å². The Labute approximate surface area is 165 Å². The van der Waals surface area contributed by atoms with Crippen LogP contribution in [0.3, 0.4) is 0 Å². The first kappa shape index (κ1) is 19.4. The molecule has 1 aliphatic carbocycles. The van der Waals surface area contributed by atoms with Crippen molar-refractivity contribution in [1.82, 2.24) is 19.7 Å². The number of fused-ring (bicyclic) bond motifs is 1. The van der Waals surface area contributed by atoms with E-state index in [1.165, 1.54) is 17.7 Å². The number of hydrogen-bond acceptors (Lipinski definition) is 3. The number of pyridine rings is 1. The standard InChI is InChI=1S/C21H21F3N4O/c1-27(13-14-6-3-2-4-7-14)15-10-11-17-16(12-15)20(29)28(26-17)19-9-5-8-18(25-19)21(22,23)24/h2-9,15,26H,10-13H2,1H3. The van der Waals surface area contributed by atoms with Gasteiger partial charge in [-0.3, -0.25) is 14.8 Å². The molecule has 1 atom stereocenters. The number of halogens is 3. The van der Waals surface area contributed by atoms with Crippen molar-refractivity contribution < 1.29 is 13.2 Å². The molecule has 0 saturated heterocycles. The Bertz CT molecular complexity index is 1060. The Hall–Kier alpha value is -2.87. The molecule has 1 aliphatic rings. The summed E-state index contributed by atoms with van der Waals surface area (Å²) in [5.74, 6) is -0.0478. The maximum atomic E-state index is 13.0. The van der Waals surface area contributed by atoms with Gasteiger partial charge in [-0.05, 0) is 44.0 Å². The van der Waals surface area contributed by atoms with E-state index in [9.17, 15) is 18.0 Å². The lowest BCUT2D eigenvalue weighted by Crippen LogP contribution is -2.37. The number of aryl methyl sites for hydroxylation is 1. The molecule has 1 N–H and O–H groups in total. The number of aromatic amines is 1. The minimum atomic E-state index is -4.56. The first-order chi connectivity index (χ1) is 13.8. The molecule has 0 aliphatic heterocycles. The topological polar surface area (TPSA) is 53.9 Å². The van der Waals surface area contributed by atoms with Gasteiger partial charge in [0.25, 0.3) is 5.56 Å². The highest BCUT2D eigenvalue weighted by atomic mass is 19.4. The second-order valence-corrected chi connectivity index (χ2v) is 7.39. The molecule has 4 rings (SSSR count). The van der Waals surface area contributed by atoms with Crippen LogP contribution < -0.4 is 5.56 Å². The molecule has 0 spiro atoms. The highest BCUT2D eigenvalue weighted by Gasteiger charge is 2.33. The molecule has 1 aromatic carbocycles. The van der Waals surface area contributed by atoms with Gasteiger partial charge in [-0.25, -0.2) is 9.67 Å². The molecular weight excluding hydrogens is 381 g/mol. The van der Waals surface area contributed by atoms with Crippen LogP contribution in [0.2, 0.25) is 0 Å². The molecule has 152 valence electrons. The summed E-state index contributed by atoms with van der Waals surface area (Å²) in [5, 5.41) is 2.96. The van der Waals surface area contributed by atoms with Crippen LogP contribution in [0.25, 0.3) is 5.82 Å². The van der Waals surface area contributed by atoms with E-state index in [0.29, 0.717) is 18.4 Å². The fourth-order valence-electron chi connectivity index (χ4n) is 3.83. The summed E-state index contributed by atoms with van der Waals surface area (Å²) in [5.41, 5.74) is 1.25. The van der Waals surface area contributed by atoms with E-state index in [2.05, 4.69) is 27.1 Å². The number of H-pyrrole nitrogens is 1. The lowest BCUT2D eigenvalue weighted by atomic mass is 9.92. The molecule has 29 heavy (non-hydrogen) atoms. The predicted molar refractivity (Wildman–Crippen MR) is 103 cm³/mol. The van der Waals surface area contributed by atoms with Crippen LogP contribution in [0.4, 0.5) is 13.2 Å². The summed E-state index contributed by atoms with van der Waals surface area (Å²) in [6, 6.07) is 13.8. The van der Waals surface area contributed by atoms with Crippen molar-refractivity contribution in [3.63, 3.8) is 0 Å². The van der Waals surface area contributed by atoms with Crippen LogP contribution in [-0.2, 0) is 25.6 Å². The Morgan fingerprint density at radius 3 is 2.66 bits per heavy atom. The molecule has 2 heterocycles. The van der Waals surface area contributed by atoms with Gasteiger partial charge in [-0.1, -0.05) is 36.4 Å². The number of alkyl halides is 3. The number of likely N-dealkylation sites (N-methyl/N-ethyl adjacent to an activating group) is 1. The quantitative estimate of drug-likeness (QED) is 0.726. The second-order valence-electron chi connectivity index (χ2n) is 7.39. The zero-order valence-corrected chi connectivity index (χ0v) is 15.9. The van der Waals surface area contributed by atoms with Crippen molar-refractivity contribution in [2.45, 2.75) is 38.0 Å². The van der Waals surface area contributed by atoms with Crippen molar-refractivity contribution in [2.24, 2.45) is 0 Å². The average molecular weight is 402 g/mol. The Morgan fingerprint density at radius 2 is 1.93 bits per heavy atom. The van der Waals surface area contributed by atoms with Crippen molar-refractivity contribution in [2.75, 3.05) is 7.05 Å². The van der Waals surface area contributed by atoms with Gasteiger partial charge in [-0.15, -0.1) is 0 Å². The summed E-state index contributed by atoms with van der Waals surface area (Å²) in [6.07, 6.45) is -2.47. The minimum Gasteiger partial charge on any atom is -0.299 e. The zero-order valence-electron chi connectivity index (χ0n) is 15.9. The number of hydrogen-bond donors (Lipinski definition) is 1. The highest BCUT2D eigenvalue weighted by molar-refractivity contribution is 5.30. The van der Waals surface area contributed by atoms with Crippen LogP contribution >= 0.6 is 0 Å². The third kappa shape index (κ3) is 3.98. The van der Waals surface area contributed by atoms with Gasteiger partial charge in [0.05, 0.1) is 0 Å². The molecule has 0 amide bonds. The van der Waals surface area contributed by atoms with E-state index in [-0.39, 0.29) is 17.4 Å². The monoisotopic (exact) mass is 402 g/mol. The third-order valence-corrected chi connectivity index (χ3v) is 5.39. The van der Waals surface area contributed by atoms with Gasteiger partial charge >= 0.3 is 6.18 Å². The Kier molecular flexibility index (Phi) is 5.04. The van der Waals surface area contributed by atoms with Crippen LogP contribution in [-0.4, -0.2) is 32.8 Å². The molecule has 3 aromatic rings. The second kappa shape index (κ2) is 7.51. The van der Waals surface area contributed by atoms with Gasteiger partial charge in [0, 0.05) is 23.8 Å². The largest absolute Gasteiger partial charge is 0.433 e. The lowest BCUT2D eigenvalue weighted by molar-refractivity contribution is -0.141. The molecule has 0 saturated carbocycles. The maximum Gasteiger partial charge on any atom is 0.433 e. The summed E-state index contributed by atoms with van der Waals surface area (Å²) in [6.45, 7) is 0.772. The third-order valence-electron chi connectivity index (χ3n) is 5.39. The Morgan fingerprint density at radius 1 is 1.17 bits per heavy atom. The van der Waals surface area contributed by atoms with Gasteiger partial charge in [-0.2, -0.15) is 13.2 Å². The zero-order chi connectivity index (χ0) is 20.6. The smallest absolute Gasteiger partial charge is 0.299 e. The molecule has 1 unspecified atom stereocenters. The van der Waals surface area contributed by atoms with Gasteiger partial charge in [0.2, 0.25) is 0 Å².